The smallest absolute Gasteiger partial charge is 0.253 e. The summed E-state index contributed by atoms with van der Waals surface area (Å²) in [6.45, 7) is 6.47. The van der Waals surface area contributed by atoms with Gasteiger partial charge in [-0.3, -0.25) is 9.69 Å². The highest BCUT2D eigenvalue weighted by Gasteiger charge is 2.30. The van der Waals surface area contributed by atoms with Gasteiger partial charge >= 0.3 is 0 Å². The van der Waals surface area contributed by atoms with Crippen molar-refractivity contribution in [3.05, 3.63) is 29.8 Å². The second-order valence-corrected chi connectivity index (χ2v) is 8.95. The number of ether oxygens (including phenoxy) is 1. The molecule has 31 heavy (non-hydrogen) atoms. The third-order valence-electron chi connectivity index (χ3n) is 6.58. The number of likely N-dealkylation sites (tertiary alicyclic amines) is 1. The van der Waals surface area contributed by atoms with Crippen LogP contribution in [0.5, 0.6) is 0 Å². The second kappa shape index (κ2) is 11.0. The maximum Gasteiger partial charge on any atom is 0.253 e. The van der Waals surface area contributed by atoms with Gasteiger partial charge in [0.2, 0.25) is 0 Å². The number of hydrogen-bond acceptors (Lipinski definition) is 4. The van der Waals surface area contributed by atoms with Gasteiger partial charge in [0.15, 0.2) is 5.96 Å². The molecule has 0 spiro atoms. The molecule has 2 unspecified atom stereocenters. The number of rotatable bonds is 7. The van der Waals surface area contributed by atoms with Gasteiger partial charge in [0, 0.05) is 44.0 Å². The number of benzene rings is 1. The Morgan fingerprint density at radius 1 is 1.19 bits per heavy atom. The SMILES string of the molecule is CCNC(=NCc1cccc(NC(=O)C2CCCO2)c1)NC1CCN(C2CCCC2)C1. The molecule has 2 heterocycles. The Bertz CT molecular complexity index is 756. The number of nitrogens with zero attached hydrogens (tertiary/aromatic N) is 2. The van der Waals surface area contributed by atoms with E-state index in [0.29, 0.717) is 19.2 Å². The molecule has 0 bridgehead atoms. The van der Waals surface area contributed by atoms with E-state index in [-0.39, 0.29) is 12.0 Å². The van der Waals surface area contributed by atoms with Gasteiger partial charge < -0.3 is 20.7 Å². The van der Waals surface area contributed by atoms with Crippen LogP contribution in [0.2, 0.25) is 0 Å². The van der Waals surface area contributed by atoms with Gasteiger partial charge in [0.25, 0.3) is 5.91 Å². The van der Waals surface area contributed by atoms with Crippen molar-refractivity contribution in [3.63, 3.8) is 0 Å². The van der Waals surface area contributed by atoms with Gasteiger partial charge in [0.1, 0.15) is 6.10 Å². The fourth-order valence-corrected chi connectivity index (χ4v) is 4.94. The zero-order valence-electron chi connectivity index (χ0n) is 18.7. The molecule has 1 aromatic carbocycles. The van der Waals surface area contributed by atoms with Crippen molar-refractivity contribution in [2.45, 2.75) is 76.6 Å². The average Bonchev–Trinajstić information content (AvgIpc) is 3.55. The van der Waals surface area contributed by atoms with Crippen molar-refractivity contribution in [3.8, 4) is 0 Å². The fraction of sp³-hybridized carbons (Fsp3) is 0.667. The number of aliphatic imine (C=N–C) groups is 1. The number of guanidine groups is 1. The van der Waals surface area contributed by atoms with E-state index in [9.17, 15) is 4.79 Å². The Balaban J connectivity index is 1.31. The Labute approximate surface area is 186 Å². The van der Waals surface area contributed by atoms with Crippen molar-refractivity contribution in [1.82, 2.24) is 15.5 Å². The van der Waals surface area contributed by atoms with Crippen LogP contribution in [-0.2, 0) is 16.1 Å². The normalized spacial score (nSPS) is 25.1. The minimum atomic E-state index is -0.318. The monoisotopic (exact) mass is 427 g/mol. The van der Waals surface area contributed by atoms with Crippen molar-refractivity contribution >= 4 is 17.6 Å². The second-order valence-electron chi connectivity index (χ2n) is 8.95. The number of anilines is 1. The zero-order valence-corrected chi connectivity index (χ0v) is 18.7. The van der Waals surface area contributed by atoms with Crippen molar-refractivity contribution < 1.29 is 9.53 Å². The first kappa shape index (κ1) is 22.1. The highest BCUT2D eigenvalue weighted by Crippen LogP contribution is 2.26. The molecule has 2 aliphatic heterocycles. The van der Waals surface area contributed by atoms with Crippen molar-refractivity contribution in [2.24, 2.45) is 4.99 Å². The number of carbonyl (C=O) groups is 1. The average molecular weight is 428 g/mol. The largest absolute Gasteiger partial charge is 0.368 e. The number of amides is 1. The van der Waals surface area contributed by atoms with Gasteiger partial charge in [-0.2, -0.15) is 0 Å². The van der Waals surface area contributed by atoms with Gasteiger partial charge in [-0.25, -0.2) is 4.99 Å². The van der Waals surface area contributed by atoms with E-state index in [1.807, 2.05) is 24.3 Å². The molecule has 170 valence electrons. The molecule has 3 fully saturated rings. The molecular weight excluding hydrogens is 390 g/mol. The number of hydrogen-bond donors (Lipinski definition) is 3. The van der Waals surface area contributed by atoms with Crippen molar-refractivity contribution in [2.75, 3.05) is 31.6 Å². The summed E-state index contributed by atoms with van der Waals surface area (Å²) < 4.78 is 5.47. The minimum Gasteiger partial charge on any atom is -0.368 e. The summed E-state index contributed by atoms with van der Waals surface area (Å²) in [7, 11) is 0. The Morgan fingerprint density at radius 3 is 2.84 bits per heavy atom. The molecule has 0 radical (unpaired) electrons. The Kier molecular flexibility index (Phi) is 7.81. The lowest BCUT2D eigenvalue weighted by molar-refractivity contribution is -0.124. The molecule has 3 N–H and O–H groups in total. The summed E-state index contributed by atoms with van der Waals surface area (Å²) in [5.74, 6) is 0.816. The third kappa shape index (κ3) is 6.20. The molecule has 1 aliphatic carbocycles. The highest BCUT2D eigenvalue weighted by molar-refractivity contribution is 5.94. The predicted octanol–water partition coefficient (Wildman–Crippen LogP) is 2.88. The van der Waals surface area contributed by atoms with Crippen LogP contribution in [0.4, 0.5) is 5.69 Å². The van der Waals surface area contributed by atoms with Crippen LogP contribution in [0, 0.1) is 0 Å². The summed E-state index contributed by atoms with van der Waals surface area (Å²) in [5, 5.41) is 10.00. The maximum absolute atomic E-state index is 12.3. The summed E-state index contributed by atoms with van der Waals surface area (Å²) in [6, 6.07) is 9.17. The molecule has 7 heteroatoms. The first-order valence-electron chi connectivity index (χ1n) is 12.0. The van der Waals surface area contributed by atoms with Crippen LogP contribution >= 0.6 is 0 Å². The van der Waals surface area contributed by atoms with Gasteiger partial charge in [-0.1, -0.05) is 25.0 Å². The van der Waals surface area contributed by atoms with Crippen LogP contribution in [0.1, 0.15) is 57.4 Å². The highest BCUT2D eigenvalue weighted by atomic mass is 16.5. The first-order valence-corrected chi connectivity index (χ1v) is 12.0. The quantitative estimate of drug-likeness (QED) is 0.461. The molecule has 1 aromatic rings. The summed E-state index contributed by atoms with van der Waals surface area (Å²) >= 11 is 0. The number of nitrogens with one attached hydrogen (secondary N) is 3. The van der Waals surface area contributed by atoms with Gasteiger partial charge in [0.05, 0.1) is 6.54 Å². The van der Waals surface area contributed by atoms with E-state index in [1.54, 1.807) is 0 Å². The molecule has 1 amide bonds. The number of carbonyl (C=O) groups excluding carboxylic acids is 1. The lowest BCUT2D eigenvalue weighted by atomic mass is 10.2. The predicted molar refractivity (Wildman–Crippen MR) is 124 cm³/mol. The Hall–Kier alpha value is -2.12. The molecule has 4 rings (SSSR count). The van der Waals surface area contributed by atoms with Gasteiger partial charge in [-0.05, 0) is 56.7 Å². The van der Waals surface area contributed by atoms with E-state index in [4.69, 9.17) is 9.73 Å². The van der Waals surface area contributed by atoms with Crippen LogP contribution in [0.25, 0.3) is 0 Å². The van der Waals surface area contributed by atoms with E-state index >= 15 is 0 Å². The molecule has 2 saturated heterocycles. The maximum atomic E-state index is 12.3. The molecule has 3 aliphatic rings. The molecule has 1 saturated carbocycles. The van der Waals surface area contributed by atoms with Crippen LogP contribution < -0.4 is 16.0 Å². The van der Waals surface area contributed by atoms with E-state index in [2.05, 4.69) is 27.8 Å². The van der Waals surface area contributed by atoms with Crippen LogP contribution in [-0.4, -0.2) is 61.2 Å². The van der Waals surface area contributed by atoms with Crippen LogP contribution in [0.15, 0.2) is 29.3 Å². The summed E-state index contributed by atoms with van der Waals surface area (Å²) in [5.41, 5.74) is 1.87. The third-order valence-corrected chi connectivity index (χ3v) is 6.58. The molecule has 7 nitrogen and oxygen atoms in total. The minimum absolute atomic E-state index is 0.0544. The van der Waals surface area contributed by atoms with E-state index in [1.165, 1.54) is 38.6 Å². The van der Waals surface area contributed by atoms with Crippen molar-refractivity contribution in [1.29, 1.82) is 0 Å². The van der Waals surface area contributed by atoms with E-state index < -0.39 is 0 Å². The lowest BCUT2D eigenvalue weighted by Crippen LogP contribution is -2.45. The Morgan fingerprint density at radius 2 is 2.06 bits per heavy atom. The topological polar surface area (TPSA) is 78.0 Å². The zero-order chi connectivity index (χ0) is 21.5. The van der Waals surface area contributed by atoms with Gasteiger partial charge in [-0.15, -0.1) is 0 Å². The fourth-order valence-electron chi connectivity index (χ4n) is 4.94. The molecule has 2 atom stereocenters. The molecular formula is C24H37N5O2. The summed E-state index contributed by atoms with van der Waals surface area (Å²) in [4.78, 5) is 19.8. The molecule has 0 aromatic heterocycles. The summed E-state index contributed by atoms with van der Waals surface area (Å²) in [6.07, 6.45) is 8.10. The standard InChI is InChI=1S/C24H37N5O2/c1-2-25-24(28-20-12-13-29(17-20)21-9-3-4-10-21)26-16-18-7-5-8-19(15-18)27-23(30)22-11-6-14-31-22/h5,7-8,15,20-22H,2-4,6,9-14,16-17H2,1H3,(H,27,30)(H2,25,26,28). The lowest BCUT2D eigenvalue weighted by Gasteiger charge is -2.24. The van der Waals surface area contributed by atoms with E-state index in [0.717, 1.165) is 49.2 Å². The first-order chi connectivity index (χ1) is 15.2. The van der Waals surface area contributed by atoms with Crippen LogP contribution in [0.3, 0.4) is 0 Å².